The minimum atomic E-state index is 0.425. The molecule has 0 saturated carbocycles. The molecule has 2 aliphatic rings. The predicted molar refractivity (Wildman–Crippen MR) is 118 cm³/mol. The molecule has 1 heterocycles. The Morgan fingerprint density at radius 3 is 2.36 bits per heavy atom. The Hall–Kier alpha value is -2.56. The average molecular weight is 381 g/mol. The van der Waals surface area contributed by atoms with Crippen molar-refractivity contribution in [2.24, 2.45) is 4.99 Å². The van der Waals surface area contributed by atoms with Gasteiger partial charge in [-0.15, -0.1) is 0 Å². The van der Waals surface area contributed by atoms with Crippen molar-refractivity contribution in [1.29, 1.82) is 5.41 Å². The van der Waals surface area contributed by atoms with Crippen LogP contribution in [0.25, 0.3) is 0 Å². The van der Waals surface area contributed by atoms with Gasteiger partial charge in [-0.3, -0.25) is 5.41 Å². The predicted octanol–water partition coefficient (Wildman–Crippen LogP) is 4.93. The molecule has 0 aromatic heterocycles. The molecule has 0 radical (unpaired) electrons. The Balaban J connectivity index is 1.91. The summed E-state index contributed by atoms with van der Waals surface area (Å²) in [6.45, 7) is 12.1. The van der Waals surface area contributed by atoms with Gasteiger partial charge in [-0.25, -0.2) is 4.99 Å². The topological polar surface area (TPSA) is 51.9 Å². The first-order chi connectivity index (χ1) is 13.5. The summed E-state index contributed by atoms with van der Waals surface area (Å²) < 4.78 is 5.65. The molecule has 0 spiro atoms. The van der Waals surface area contributed by atoms with Gasteiger partial charge in [0, 0.05) is 37.4 Å². The smallest absolute Gasteiger partial charge is 0.146 e. The van der Waals surface area contributed by atoms with Crippen molar-refractivity contribution in [2.75, 3.05) is 31.1 Å². The van der Waals surface area contributed by atoms with Crippen molar-refractivity contribution in [3.8, 4) is 0 Å². The van der Waals surface area contributed by atoms with Crippen LogP contribution in [0, 0.1) is 5.41 Å². The Kier molecular flexibility index (Phi) is 6.55. The van der Waals surface area contributed by atoms with Crippen LogP contribution in [0.4, 0.5) is 11.4 Å². The summed E-state index contributed by atoms with van der Waals surface area (Å²) in [7, 11) is 0. The molecule has 150 valence electrons. The van der Waals surface area contributed by atoms with Crippen molar-refractivity contribution in [1.82, 2.24) is 4.90 Å². The molecule has 0 unspecified atom stereocenters. The fourth-order valence-corrected chi connectivity index (χ4v) is 3.84. The standard InChI is InChI=1S/C23H32N4O/c1-5-27(17(3)4)19-11-9-18(10-12-19)25-21-16-23(28-6-2)20(24)15-22(21)26-13-7-8-14-26/h9-12,15-17,24H,5-8,13-14H2,1-4H3/b24-20?,25-21+. The summed E-state index contributed by atoms with van der Waals surface area (Å²) in [5, 5.41) is 8.29. The summed E-state index contributed by atoms with van der Waals surface area (Å²) in [6, 6.07) is 8.89. The minimum absolute atomic E-state index is 0.425. The molecular weight excluding hydrogens is 348 g/mol. The van der Waals surface area contributed by atoms with Gasteiger partial charge in [-0.05, 0) is 70.9 Å². The van der Waals surface area contributed by atoms with E-state index in [9.17, 15) is 0 Å². The van der Waals surface area contributed by atoms with Crippen molar-refractivity contribution in [3.63, 3.8) is 0 Å². The van der Waals surface area contributed by atoms with Crippen LogP contribution in [0.3, 0.4) is 0 Å². The van der Waals surface area contributed by atoms with Crippen molar-refractivity contribution >= 4 is 22.8 Å². The molecule has 1 N–H and O–H groups in total. The van der Waals surface area contributed by atoms with Crippen LogP contribution in [-0.4, -0.2) is 48.6 Å². The molecule has 5 nitrogen and oxygen atoms in total. The fraction of sp³-hybridized carbons (Fsp3) is 0.478. The molecule has 1 fully saturated rings. The Bertz CT molecular complexity index is 783. The van der Waals surface area contributed by atoms with Crippen molar-refractivity contribution in [2.45, 2.75) is 46.6 Å². The third kappa shape index (κ3) is 4.46. The molecule has 1 aliphatic heterocycles. The number of nitrogens with one attached hydrogen (secondary N) is 1. The van der Waals surface area contributed by atoms with Gasteiger partial charge in [0.25, 0.3) is 0 Å². The van der Waals surface area contributed by atoms with E-state index in [1.165, 1.54) is 18.5 Å². The highest BCUT2D eigenvalue weighted by Gasteiger charge is 2.24. The number of nitrogens with zero attached hydrogens (tertiary/aromatic N) is 3. The summed E-state index contributed by atoms with van der Waals surface area (Å²) in [5.41, 5.74) is 4.48. The van der Waals surface area contributed by atoms with Crippen LogP contribution in [-0.2, 0) is 4.74 Å². The summed E-state index contributed by atoms with van der Waals surface area (Å²) in [5.74, 6) is 0.595. The van der Waals surface area contributed by atoms with Crippen LogP contribution in [0.2, 0.25) is 0 Å². The van der Waals surface area contributed by atoms with Gasteiger partial charge in [-0.2, -0.15) is 0 Å². The zero-order valence-corrected chi connectivity index (χ0v) is 17.5. The molecule has 28 heavy (non-hydrogen) atoms. The van der Waals surface area contributed by atoms with Crippen LogP contribution >= 0.6 is 0 Å². The lowest BCUT2D eigenvalue weighted by molar-refractivity contribution is 0.249. The number of aliphatic imine (C=N–C) groups is 1. The molecular formula is C23H32N4O. The molecule has 0 amide bonds. The van der Waals surface area contributed by atoms with E-state index in [1.807, 2.05) is 19.1 Å². The Labute approximate surface area is 168 Å². The second-order valence-electron chi connectivity index (χ2n) is 7.47. The highest BCUT2D eigenvalue weighted by Crippen LogP contribution is 2.26. The summed E-state index contributed by atoms with van der Waals surface area (Å²) in [4.78, 5) is 9.61. The van der Waals surface area contributed by atoms with E-state index in [0.717, 1.165) is 36.7 Å². The third-order valence-corrected chi connectivity index (χ3v) is 5.22. The first kappa shape index (κ1) is 20.2. The van der Waals surface area contributed by atoms with E-state index >= 15 is 0 Å². The van der Waals surface area contributed by atoms with Gasteiger partial charge in [0.1, 0.15) is 5.76 Å². The maximum atomic E-state index is 8.29. The van der Waals surface area contributed by atoms with Crippen LogP contribution < -0.4 is 4.90 Å². The summed E-state index contributed by atoms with van der Waals surface area (Å²) >= 11 is 0. The number of anilines is 1. The monoisotopic (exact) mass is 380 g/mol. The van der Waals surface area contributed by atoms with E-state index in [1.54, 1.807) is 0 Å². The molecule has 3 rings (SSSR count). The number of hydrogen-bond donors (Lipinski definition) is 1. The normalized spacial score (nSPS) is 18.5. The number of hydrogen-bond acceptors (Lipinski definition) is 5. The van der Waals surface area contributed by atoms with Crippen molar-refractivity contribution in [3.05, 3.63) is 47.9 Å². The maximum absolute atomic E-state index is 8.29. The number of ether oxygens (including phenoxy) is 1. The van der Waals surface area contributed by atoms with E-state index < -0.39 is 0 Å². The zero-order valence-electron chi connectivity index (χ0n) is 17.5. The van der Waals surface area contributed by atoms with E-state index in [4.69, 9.17) is 15.1 Å². The van der Waals surface area contributed by atoms with Crippen LogP contribution in [0.1, 0.15) is 40.5 Å². The molecule has 1 aliphatic carbocycles. The molecule has 5 heteroatoms. The second-order valence-corrected chi connectivity index (χ2v) is 7.47. The second kappa shape index (κ2) is 9.09. The first-order valence-corrected chi connectivity index (χ1v) is 10.4. The SMILES string of the molecule is CCOC1=C/C(=N\c2ccc(N(CC)C(C)C)cc2)C(N2CCCC2)=CC1=N. The molecule has 0 bridgehead atoms. The zero-order chi connectivity index (χ0) is 20.1. The molecule has 1 aromatic rings. The third-order valence-electron chi connectivity index (χ3n) is 5.22. The average Bonchev–Trinajstić information content (AvgIpc) is 3.20. The van der Waals surface area contributed by atoms with Gasteiger partial charge in [0.15, 0.2) is 0 Å². The van der Waals surface area contributed by atoms with Gasteiger partial charge < -0.3 is 14.5 Å². The van der Waals surface area contributed by atoms with Gasteiger partial charge in [0.05, 0.1) is 29.4 Å². The highest BCUT2D eigenvalue weighted by atomic mass is 16.5. The lowest BCUT2D eigenvalue weighted by Gasteiger charge is -2.27. The number of rotatable bonds is 7. The molecule has 1 saturated heterocycles. The van der Waals surface area contributed by atoms with Gasteiger partial charge in [0.2, 0.25) is 0 Å². The summed E-state index contributed by atoms with van der Waals surface area (Å²) in [6.07, 6.45) is 6.20. The number of likely N-dealkylation sites (tertiary alicyclic amines) is 1. The van der Waals surface area contributed by atoms with E-state index in [-0.39, 0.29) is 0 Å². The van der Waals surface area contributed by atoms with Gasteiger partial charge in [-0.1, -0.05) is 0 Å². The van der Waals surface area contributed by atoms with Gasteiger partial charge >= 0.3 is 0 Å². The number of allylic oxidation sites excluding steroid dienone is 2. The highest BCUT2D eigenvalue weighted by molar-refractivity contribution is 6.22. The van der Waals surface area contributed by atoms with Crippen LogP contribution in [0.5, 0.6) is 0 Å². The number of benzene rings is 1. The van der Waals surface area contributed by atoms with Crippen molar-refractivity contribution < 1.29 is 4.74 Å². The minimum Gasteiger partial charge on any atom is -0.492 e. The Morgan fingerprint density at radius 1 is 1.11 bits per heavy atom. The van der Waals surface area contributed by atoms with Crippen LogP contribution in [0.15, 0.2) is 52.9 Å². The van der Waals surface area contributed by atoms with E-state index in [0.29, 0.717) is 24.1 Å². The fourth-order valence-electron chi connectivity index (χ4n) is 3.84. The molecule has 0 atom stereocenters. The lowest BCUT2D eigenvalue weighted by atomic mass is 10.1. The quantitative estimate of drug-likeness (QED) is 0.683. The lowest BCUT2D eigenvalue weighted by Crippen LogP contribution is -2.30. The Morgan fingerprint density at radius 2 is 1.79 bits per heavy atom. The first-order valence-electron chi connectivity index (χ1n) is 10.4. The molecule has 1 aromatic carbocycles. The maximum Gasteiger partial charge on any atom is 0.146 e. The largest absolute Gasteiger partial charge is 0.492 e. The van der Waals surface area contributed by atoms with E-state index in [2.05, 4.69) is 54.8 Å².